The molecule has 2 aromatic carbocycles. The predicted molar refractivity (Wildman–Crippen MR) is 114 cm³/mol. The molecule has 0 aliphatic carbocycles. The summed E-state index contributed by atoms with van der Waals surface area (Å²) in [4.78, 5) is 0.263. The molecule has 2 aromatic rings. The minimum atomic E-state index is -3.38. The summed E-state index contributed by atoms with van der Waals surface area (Å²) < 4.78 is 50.7. The van der Waals surface area contributed by atoms with E-state index in [2.05, 4.69) is 0 Å². The van der Waals surface area contributed by atoms with Crippen LogP contribution in [0.2, 0.25) is 0 Å². The van der Waals surface area contributed by atoms with E-state index in [1.807, 2.05) is 44.2 Å². The quantitative estimate of drug-likeness (QED) is 0.644. The van der Waals surface area contributed by atoms with Crippen LogP contribution in [-0.2, 0) is 26.4 Å². The van der Waals surface area contributed by atoms with Crippen LogP contribution in [0.5, 0.6) is 0 Å². The monoisotopic (exact) mass is 423 g/mol. The third kappa shape index (κ3) is 5.65. The Labute approximate surface area is 169 Å². The molecule has 0 bridgehead atoms. The largest absolute Gasteiger partial charge is 0.224 e. The van der Waals surface area contributed by atoms with Gasteiger partial charge in [-0.05, 0) is 54.7 Å². The number of sulfone groups is 1. The zero-order valence-electron chi connectivity index (χ0n) is 17.1. The van der Waals surface area contributed by atoms with E-state index in [4.69, 9.17) is 0 Å². The molecule has 0 heterocycles. The van der Waals surface area contributed by atoms with Gasteiger partial charge in [-0.25, -0.2) is 16.8 Å². The van der Waals surface area contributed by atoms with Crippen LogP contribution in [0, 0.1) is 5.92 Å². The van der Waals surface area contributed by atoms with Gasteiger partial charge in [-0.3, -0.25) is 0 Å². The molecule has 0 amide bonds. The predicted octanol–water partition coefficient (Wildman–Crippen LogP) is 3.95. The van der Waals surface area contributed by atoms with Crippen molar-refractivity contribution in [3.8, 4) is 11.1 Å². The molecule has 0 saturated carbocycles. The highest BCUT2D eigenvalue weighted by molar-refractivity contribution is 7.90. The van der Waals surface area contributed by atoms with Crippen LogP contribution in [0.1, 0.15) is 33.3 Å². The Morgan fingerprint density at radius 2 is 1.43 bits per heavy atom. The standard InChI is InChI=1S/C21H29NO4S2/c1-16(2)14-22(28(25,26)17(3)4)15-18-8-6-9-19(12-18)20-10-7-11-21(13-20)27(5,23)24/h6-13,16-17H,14-15H2,1-5H3. The van der Waals surface area contributed by atoms with Gasteiger partial charge in [0.05, 0.1) is 10.1 Å². The second kappa shape index (κ2) is 8.76. The fourth-order valence-corrected chi connectivity index (χ4v) is 5.02. The van der Waals surface area contributed by atoms with Gasteiger partial charge in [0.1, 0.15) is 0 Å². The second-order valence-corrected chi connectivity index (χ2v) is 12.3. The molecule has 0 saturated heterocycles. The van der Waals surface area contributed by atoms with Gasteiger partial charge in [-0.15, -0.1) is 0 Å². The van der Waals surface area contributed by atoms with Gasteiger partial charge in [-0.1, -0.05) is 44.2 Å². The molecule has 0 N–H and O–H groups in total. The normalized spacial score (nSPS) is 12.9. The zero-order valence-corrected chi connectivity index (χ0v) is 18.7. The molecular formula is C21H29NO4S2. The fraction of sp³-hybridized carbons (Fsp3) is 0.429. The van der Waals surface area contributed by atoms with E-state index in [0.29, 0.717) is 6.54 Å². The average Bonchev–Trinajstić information content (AvgIpc) is 2.60. The lowest BCUT2D eigenvalue weighted by molar-refractivity contribution is 0.358. The van der Waals surface area contributed by atoms with E-state index in [1.54, 1.807) is 32.0 Å². The van der Waals surface area contributed by atoms with Crippen LogP contribution in [0.25, 0.3) is 11.1 Å². The lowest BCUT2D eigenvalue weighted by Gasteiger charge is -2.26. The molecule has 7 heteroatoms. The van der Waals surface area contributed by atoms with Gasteiger partial charge < -0.3 is 0 Å². The molecule has 0 radical (unpaired) electrons. The number of rotatable bonds is 8. The van der Waals surface area contributed by atoms with Gasteiger partial charge in [0.15, 0.2) is 9.84 Å². The van der Waals surface area contributed by atoms with Gasteiger partial charge in [-0.2, -0.15) is 4.31 Å². The Balaban J connectivity index is 2.39. The third-order valence-corrected chi connectivity index (χ3v) is 7.71. The Hall–Kier alpha value is -1.70. The SMILES string of the molecule is CC(C)CN(Cc1cccc(-c2cccc(S(C)(=O)=O)c2)c1)S(=O)(=O)C(C)C. The van der Waals surface area contributed by atoms with Crippen molar-refractivity contribution < 1.29 is 16.8 Å². The minimum Gasteiger partial charge on any atom is -0.224 e. The number of benzene rings is 2. The zero-order chi connectivity index (χ0) is 21.1. The molecule has 5 nitrogen and oxygen atoms in total. The molecular weight excluding hydrogens is 394 g/mol. The summed E-state index contributed by atoms with van der Waals surface area (Å²) in [5.41, 5.74) is 2.51. The average molecular weight is 424 g/mol. The van der Waals surface area contributed by atoms with Crippen molar-refractivity contribution >= 4 is 19.9 Å². The Morgan fingerprint density at radius 1 is 0.857 bits per heavy atom. The van der Waals surface area contributed by atoms with Crippen molar-refractivity contribution in [1.82, 2.24) is 4.31 Å². The van der Waals surface area contributed by atoms with Crippen molar-refractivity contribution in [3.05, 3.63) is 54.1 Å². The highest BCUT2D eigenvalue weighted by Gasteiger charge is 2.26. The number of nitrogens with zero attached hydrogens (tertiary/aromatic N) is 1. The van der Waals surface area contributed by atoms with Crippen molar-refractivity contribution in [2.24, 2.45) is 5.92 Å². The van der Waals surface area contributed by atoms with Crippen LogP contribution in [0.3, 0.4) is 0 Å². The van der Waals surface area contributed by atoms with E-state index in [9.17, 15) is 16.8 Å². The Kier molecular flexibility index (Phi) is 7.07. The number of hydrogen-bond acceptors (Lipinski definition) is 4. The topological polar surface area (TPSA) is 71.5 Å². The van der Waals surface area contributed by atoms with Gasteiger partial charge in [0, 0.05) is 19.3 Å². The highest BCUT2D eigenvalue weighted by Crippen LogP contribution is 2.25. The second-order valence-electron chi connectivity index (χ2n) is 7.78. The molecule has 0 aliphatic rings. The van der Waals surface area contributed by atoms with Gasteiger partial charge in [0.2, 0.25) is 10.0 Å². The minimum absolute atomic E-state index is 0.211. The first-order chi connectivity index (χ1) is 12.9. The summed E-state index contributed by atoms with van der Waals surface area (Å²) >= 11 is 0. The van der Waals surface area contributed by atoms with Crippen LogP contribution in [0.4, 0.5) is 0 Å². The first-order valence-electron chi connectivity index (χ1n) is 9.29. The molecule has 0 unspecified atom stereocenters. The molecule has 0 aliphatic heterocycles. The smallest absolute Gasteiger partial charge is 0.216 e. The lowest BCUT2D eigenvalue weighted by atomic mass is 10.0. The molecule has 28 heavy (non-hydrogen) atoms. The molecule has 0 fully saturated rings. The number of sulfonamides is 1. The molecule has 154 valence electrons. The van der Waals surface area contributed by atoms with Crippen molar-refractivity contribution in [2.45, 2.75) is 44.4 Å². The van der Waals surface area contributed by atoms with Gasteiger partial charge in [0.25, 0.3) is 0 Å². The van der Waals surface area contributed by atoms with Crippen molar-refractivity contribution in [1.29, 1.82) is 0 Å². The lowest BCUT2D eigenvalue weighted by Crippen LogP contribution is -2.38. The van der Waals surface area contributed by atoms with Crippen LogP contribution < -0.4 is 0 Å². The molecule has 0 aromatic heterocycles. The third-order valence-electron chi connectivity index (χ3n) is 4.41. The molecule has 0 spiro atoms. The van der Waals surface area contributed by atoms with E-state index in [0.717, 1.165) is 16.7 Å². The Morgan fingerprint density at radius 3 is 1.96 bits per heavy atom. The maximum absolute atomic E-state index is 12.7. The van der Waals surface area contributed by atoms with E-state index >= 15 is 0 Å². The Bertz CT molecular complexity index is 1030. The first-order valence-corrected chi connectivity index (χ1v) is 12.7. The molecule has 0 atom stereocenters. The summed E-state index contributed by atoms with van der Waals surface area (Å²) in [5, 5.41) is -0.485. The summed E-state index contributed by atoms with van der Waals surface area (Å²) in [6.07, 6.45) is 1.18. The highest BCUT2D eigenvalue weighted by atomic mass is 32.2. The fourth-order valence-electron chi connectivity index (χ4n) is 2.92. The van der Waals surface area contributed by atoms with Crippen molar-refractivity contribution in [3.63, 3.8) is 0 Å². The molecule has 2 rings (SSSR count). The number of hydrogen-bond donors (Lipinski definition) is 0. The first kappa shape index (κ1) is 22.6. The summed E-state index contributed by atoms with van der Waals surface area (Å²) in [7, 11) is -6.67. The summed E-state index contributed by atoms with van der Waals surface area (Å²) in [5.74, 6) is 0.211. The van der Waals surface area contributed by atoms with E-state index in [1.165, 1.54) is 10.6 Å². The van der Waals surface area contributed by atoms with E-state index < -0.39 is 25.1 Å². The summed E-state index contributed by atoms with van der Waals surface area (Å²) in [6.45, 7) is 8.12. The van der Waals surface area contributed by atoms with E-state index in [-0.39, 0.29) is 17.4 Å². The summed E-state index contributed by atoms with van der Waals surface area (Å²) in [6, 6.07) is 14.4. The van der Waals surface area contributed by atoms with Gasteiger partial charge >= 0.3 is 0 Å². The van der Waals surface area contributed by atoms with Crippen molar-refractivity contribution in [2.75, 3.05) is 12.8 Å². The van der Waals surface area contributed by atoms with Crippen LogP contribution in [-0.4, -0.2) is 39.2 Å². The maximum Gasteiger partial charge on any atom is 0.216 e. The maximum atomic E-state index is 12.7. The van der Waals surface area contributed by atoms with Crippen LogP contribution in [0.15, 0.2) is 53.4 Å². The van der Waals surface area contributed by atoms with Crippen LogP contribution >= 0.6 is 0 Å².